The maximum absolute atomic E-state index is 12.0. The lowest BCUT2D eigenvalue weighted by Crippen LogP contribution is -2.45. The molecule has 1 spiro atoms. The lowest BCUT2D eigenvalue weighted by atomic mass is 9.58. The van der Waals surface area contributed by atoms with Gasteiger partial charge in [-0.3, -0.25) is 4.79 Å². The molecule has 2 fully saturated rings. The van der Waals surface area contributed by atoms with Gasteiger partial charge in [-0.2, -0.15) is 0 Å². The Labute approximate surface area is 377 Å². The van der Waals surface area contributed by atoms with Crippen molar-refractivity contribution in [2.75, 3.05) is 25.1 Å². The quantitative estimate of drug-likeness (QED) is 0.135. The molecule has 1 unspecified atom stereocenters. The second-order valence-electron chi connectivity index (χ2n) is 18.8. The predicted octanol–water partition coefficient (Wildman–Crippen LogP) is 14.0. The number of rotatable bonds is 9. The average molecular weight is 854 g/mol. The molecule has 2 aliphatic heterocycles. The zero-order chi connectivity index (χ0) is 43.7. The predicted molar refractivity (Wildman–Crippen MR) is 259 cm³/mol. The van der Waals surface area contributed by atoms with Gasteiger partial charge in [0.15, 0.2) is 5.60 Å². The molecule has 2 aliphatic carbocycles. The summed E-state index contributed by atoms with van der Waals surface area (Å²) < 4.78 is 20.3. The topological polar surface area (TPSA) is 48.0 Å². The van der Waals surface area contributed by atoms with Gasteiger partial charge in [-0.1, -0.05) is 123 Å². The van der Waals surface area contributed by atoms with E-state index in [0.29, 0.717) is 11.0 Å². The molecule has 0 amide bonds. The minimum absolute atomic E-state index is 0.148. The monoisotopic (exact) mass is 853 g/mol. The summed E-state index contributed by atoms with van der Waals surface area (Å²) in [5, 5.41) is 2.23. The highest BCUT2D eigenvalue weighted by molar-refractivity contribution is 7.99. The van der Waals surface area contributed by atoms with Crippen molar-refractivity contribution in [1.29, 1.82) is 0 Å². The average Bonchev–Trinajstić information content (AvgIpc) is 3.59. The second-order valence-corrected chi connectivity index (χ2v) is 19.9. The molecule has 6 heteroatoms. The maximum Gasteiger partial charge on any atom is 0.178 e. The molecular weight excluding hydrogens is 795 g/mol. The molecule has 0 radical (unpaired) electrons. The first-order valence-electron chi connectivity index (χ1n) is 23.1. The largest absolute Gasteiger partial charge is 0.496 e. The van der Waals surface area contributed by atoms with Crippen molar-refractivity contribution in [3.63, 3.8) is 0 Å². The van der Waals surface area contributed by atoms with Crippen LogP contribution in [0.1, 0.15) is 116 Å². The van der Waals surface area contributed by atoms with E-state index >= 15 is 0 Å². The van der Waals surface area contributed by atoms with Crippen LogP contribution in [-0.2, 0) is 15.8 Å². The number of nitrogens with zero attached hydrogens (tertiary/aromatic N) is 1. The maximum atomic E-state index is 12.0. The summed E-state index contributed by atoms with van der Waals surface area (Å²) in [4.78, 5) is 16.8. The molecule has 6 aromatic carbocycles. The number of aldehydes is 1. The van der Waals surface area contributed by atoms with Crippen molar-refractivity contribution in [2.45, 2.75) is 113 Å². The Bertz CT molecular complexity index is 2730. The Morgan fingerprint density at radius 1 is 0.794 bits per heavy atom. The van der Waals surface area contributed by atoms with E-state index in [0.717, 1.165) is 65.1 Å². The molecule has 322 valence electrons. The Kier molecular flexibility index (Phi) is 10.6. The van der Waals surface area contributed by atoms with Crippen molar-refractivity contribution in [1.82, 2.24) is 0 Å². The van der Waals surface area contributed by atoms with Gasteiger partial charge in [0.1, 0.15) is 17.8 Å². The highest BCUT2D eigenvalue weighted by atomic mass is 32.2. The number of carbonyl (C=O) groups excluding carboxylic acids is 1. The molecule has 1 saturated heterocycles. The summed E-state index contributed by atoms with van der Waals surface area (Å²) in [6, 6.07) is 37.3. The summed E-state index contributed by atoms with van der Waals surface area (Å²) in [5.74, 6) is 1.70. The van der Waals surface area contributed by atoms with E-state index in [-0.39, 0.29) is 17.6 Å². The van der Waals surface area contributed by atoms with Crippen LogP contribution in [0.15, 0.2) is 119 Å². The lowest BCUT2D eigenvalue weighted by molar-refractivity contribution is -0.00522. The molecule has 0 bridgehead atoms. The SMILES string of the molecule is CCC1(CC)CCC2(CC1)c1ccccc1-c1c2c2c(c3cc(OC)c(Sc4c(C)cccc4C)cc13)OC(c1ccc(C=O)cc1)(c1ccc(N3C[C@@H](C)O[C@@H](C)C3)cc1)C=C2. The Hall–Kier alpha value is -5.30. The molecule has 2 heterocycles. The van der Waals surface area contributed by atoms with E-state index in [1.165, 1.54) is 80.6 Å². The van der Waals surface area contributed by atoms with Crippen LogP contribution in [0.2, 0.25) is 0 Å². The van der Waals surface area contributed by atoms with Gasteiger partial charge in [-0.05, 0) is 128 Å². The van der Waals surface area contributed by atoms with Crippen LogP contribution in [0.3, 0.4) is 0 Å². The number of benzene rings is 6. The molecule has 5 nitrogen and oxygen atoms in total. The summed E-state index contributed by atoms with van der Waals surface area (Å²) in [6.45, 7) is 15.2. The minimum Gasteiger partial charge on any atom is -0.496 e. The van der Waals surface area contributed by atoms with Crippen LogP contribution in [0.5, 0.6) is 11.5 Å². The van der Waals surface area contributed by atoms with Crippen LogP contribution in [0, 0.1) is 19.3 Å². The first-order valence-corrected chi connectivity index (χ1v) is 23.9. The van der Waals surface area contributed by atoms with Gasteiger partial charge in [0.05, 0.1) is 24.2 Å². The number of fused-ring (bicyclic) bond motifs is 10. The molecule has 0 aromatic heterocycles. The highest BCUT2D eigenvalue weighted by Crippen LogP contribution is 2.65. The van der Waals surface area contributed by atoms with E-state index in [1.807, 2.05) is 12.1 Å². The Balaban J connectivity index is 1.23. The lowest BCUT2D eigenvalue weighted by Gasteiger charge is -2.47. The van der Waals surface area contributed by atoms with E-state index in [4.69, 9.17) is 14.2 Å². The summed E-state index contributed by atoms with van der Waals surface area (Å²) in [6.07, 6.45) is 12.9. The van der Waals surface area contributed by atoms with Crippen LogP contribution >= 0.6 is 11.8 Å². The first kappa shape index (κ1) is 41.7. The van der Waals surface area contributed by atoms with E-state index in [2.05, 4.69) is 150 Å². The zero-order valence-electron chi connectivity index (χ0n) is 37.8. The van der Waals surface area contributed by atoms with Crippen LogP contribution in [0.4, 0.5) is 5.69 Å². The Morgan fingerprint density at radius 2 is 1.44 bits per heavy atom. The van der Waals surface area contributed by atoms with Crippen molar-refractivity contribution in [3.05, 3.63) is 154 Å². The third-order valence-corrected chi connectivity index (χ3v) is 16.7. The van der Waals surface area contributed by atoms with Gasteiger partial charge in [-0.25, -0.2) is 0 Å². The van der Waals surface area contributed by atoms with Crippen molar-refractivity contribution in [3.8, 4) is 22.6 Å². The minimum atomic E-state index is -0.983. The molecule has 1 saturated carbocycles. The number of hydrogen-bond acceptors (Lipinski definition) is 6. The highest BCUT2D eigenvalue weighted by Gasteiger charge is 2.51. The zero-order valence-corrected chi connectivity index (χ0v) is 38.7. The van der Waals surface area contributed by atoms with Gasteiger partial charge in [0.25, 0.3) is 0 Å². The molecule has 0 N–H and O–H groups in total. The van der Waals surface area contributed by atoms with Crippen molar-refractivity contribution in [2.24, 2.45) is 5.41 Å². The van der Waals surface area contributed by atoms with Crippen LogP contribution < -0.4 is 14.4 Å². The second kappa shape index (κ2) is 16.0. The number of aryl methyl sites for hydroxylation is 2. The molecule has 10 rings (SSSR count). The fourth-order valence-corrected chi connectivity index (χ4v) is 12.9. The fraction of sp³-hybridized carbons (Fsp3) is 0.351. The summed E-state index contributed by atoms with van der Waals surface area (Å²) in [5.41, 5.74) is 12.2. The van der Waals surface area contributed by atoms with Gasteiger partial charge in [-0.15, -0.1) is 0 Å². The fourth-order valence-electron chi connectivity index (χ4n) is 11.8. The first-order chi connectivity index (χ1) is 30.6. The summed E-state index contributed by atoms with van der Waals surface area (Å²) >= 11 is 1.79. The Morgan fingerprint density at radius 3 is 2.08 bits per heavy atom. The van der Waals surface area contributed by atoms with Gasteiger partial charge < -0.3 is 19.1 Å². The third-order valence-electron chi connectivity index (χ3n) is 15.4. The normalized spacial score (nSPS) is 21.7. The van der Waals surface area contributed by atoms with E-state index < -0.39 is 5.60 Å². The molecular formula is C57H59NO4S. The molecule has 6 aromatic rings. The smallest absolute Gasteiger partial charge is 0.178 e. The molecule has 4 aliphatic rings. The number of anilines is 1. The van der Waals surface area contributed by atoms with E-state index in [1.54, 1.807) is 18.9 Å². The number of carbonyl (C=O) groups is 1. The third kappa shape index (κ3) is 6.74. The van der Waals surface area contributed by atoms with Gasteiger partial charge >= 0.3 is 0 Å². The van der Waals surface area contributed by atoms with Crippen LogP contribution in [-0.4, -0.2) is 38.7 Å². The number of hydrogen-bond donors (Lipinski definition) is 0. The number of methoxy groups -OCH3 is 1. The van der Waals surface area contributed by atoms with Crippen LogP contribution in [0.25, 0.3) is 28.0 Å². The molecule has 63 heavy (non-hydrogen) atoms. The number of ether oxygens (including phenoxy) is 3. The van der Waals surface area contributed by atoms with Gasteiger partial charge in [0, 0.05) is 56.7 Å². The van der Waals surface area contributed by atoms with Crippen molar-refractivity contribution < 1.29 is 19.0 Å². The summed E-state index contributed by atoms with van der Waals surface area (Å²) in [7, 11) is 1.78. The van der Waals surface area contributed by atoms with E-state index in [9.17, 15) is 4.79 Å². The number of morpholine rings is 1. The molecule has 3 atom stereocenters. The standard InChI is InChI=1S/C57H59NO4S/c1-8-55(9-2)27-29-56(30-28-55)48-16-11-10-15-44(48)51-46-32-50(63-54-36(3)13-12-14-37(54)4)49(60-7)31-47(46)53-45(52(51)56)25-26-57(62-53,41-19-17-40(35-59)18-20-41)42-21-23-43(24-22-42)58-33-38(5)61-39(6)34-58/h10-26,31-32,35,38-39H,8-9,27-30,33-34H2,1-7H3/t38-,39+,57?. The van der Waals surface area contributed by atoms with Gasteiger partial charge in [0.2, 0.25) is 0 Å². The van der Waals surface area contributed by atoms with Crippen molar-refractivity contribution >= 4 is 40.6 Å².